The number of unbranched alkanes of at least 4 members (excludes halogenated alkanes) is 2. The van der Waals surface area contributed by atoms with Crippen molar-refractivity contribution >= 4 is 0 Å². The minimum atomic E-state index is -3.86. The summed E-state index contributed by atoms with van der Waals surface area (Å²) >= 11 is 0. The molecule has 7 heteroatoms. The van der Waals surface area contributed by atoms with Crippen molar-refractivity contribution in [1.82, 2.24) is 0 Å². The van der Waals surface area contributed by atoms with Crippen LogP contribution in [-0.2, 0) is 12.5 Å². The number of rotatable bonds is 10. The third kappa shape index (κ3) is 6.94. The molecule has 0 saturated carbocycles. The lowest BCUT2D eigenvalue weighted by Crippen LogP contribution is -2.21. The maximum atomic E-state index is 15.2. The van der Waals surface area contributed by atoms with E-state index in [1.807, 2.05) is 12.1 Å². The second-order valence-corrected chi connectivity index (χ2v) is 10.3. The Labute approximate surface area is 246 Å². The van der Waals surface area contributed by atoms with Crippen LogP contribution in [0.2, 0.25) is 0 Å². The van der Waals surface area contributed by atoms with Crippen LogP contribution in [0.15, 0.2) is 103 Å². The molecule has 0 heterocycles. The Hall–Kier alpha value is -4.52. The fourth-order valence-corrected chi connectivity index (χ4v) is 4.88. The van der Waals surface area contributed by atoms with Crippen LogP contribution in [0.5, 0.6) is 5.75 Å². The molecule has 0 atom stereocenters. The number of hydrogen-bond acceptors (Lipinski definition) is 1. The van der Waals surface area contributed by atoms with Crippen molar-refractivity contribution < 1.29 is 31.1 Å². The van der Waals surface area contributed by atoms with Crippen LogP contribution in [-0.4, -0.2) is 0 Å². The van der Waals surface area contributed by atoms with Gasteiger partial charge in [0.2, 0.25) is 0 Å². The summed E-state index contributed by atoms with van der Waals surface area (Å²) in [6.07, 6.45) is 0.625. The summed E-state index contributed by atoms with van der Waals surface area (Å²) in [6, 6.07) is 23.9. The number of hydrogen-bond donors (Lipinski definition) is 0. The smallest absolute Gasteiger partial charge is 0.426 e. The van der Waals surface area contributed by atoms with Crippen molar-refractivity contribution in [3.8, 4) is 39.1 Å². The maximum Gasteiger partial charge on any atom is 0.426 e. The lowest BCUT2D eigenvalue weighted by atomic mass is 9.96. The van der Waals surface area contributed by atoms with Crippen LogP contribution < -0.4 is 4.74 Å². The van der Waals surface area contributed by atoms with Gasteiger partial charge in [0.15, 0.2) is 11.6 Å². The van der Waals surface area contributed by atoms with Gasteiger partial charge in [-0.25, -0.2) is 17.6 Å². The van der Waals surface area contributed by atoms with E-state index in [1.165, 1.54) is 42.3 Å². The molecule has 0 amide bonds. The van der Waals surface area contributed by atoms with E-state index in [1.54, 1.807) is 18.2 Å². The zero-order valence-electron chi connectivity index (χ0n) is 23.3. The third-order valence-electron chi connectivity index (χ3n) is 7.27. The zero-order valence-corrected chi connectivity index (χ0v) is 23.3. The predicted molar refractivity (Wildman–Crippen MR) is 157 cm³/mol. The zero-order chi connectivity index (χ0) is 30.6. The summed E-state index contributed by atoms with van der Waals surface area (Å²) in [5, 5.41) is 0. The fraction of sp³-hybridized carbons (Fsp3) is 0.167. The summed E-state index contributed by atoms with van der Waals surface area (Å²) in [5.41, 5.74) is 3.28. The molecule has 220 valence electrons. The number of halogens is 6. The first-order valence-electron chi connectivity index (χ1n) is 14.0. The van der Waals surface area contributed by atoms with Crippen LogP contribution in [0.4, 0.5) is 26.3 Å². The second kappa shape index (κ2) is 12.8. The van der Waals surface area contributed by atoms with Crippen LogP contribution in [0.3, 0.4) is 0 Å². The fourth-order valence-electron chi connectivity index (χ4n) is 4.88. The average Bonchev–Trinajstić information content (AvgIpc) is 2.99. The van der Waals surface area contributed by atoms with Gasteiger partial charge in [-0.3, -0.25) is 0 Å². The Morgan fingerprint density at radius 2 is 1.12 bits per heavy atom. The molecule has 0 unspecified atom stereocenters. The summed E-state index contributed by atoms with van der Waals surface area (Å²) in [4.78, 5) is 0. The summed E-state index contributed by atoms with van der Waals surface area (Å²) in [5.74, 6) is -4.21. The van der Waals surface area contributed by atoms with Gasteiger partial charge in [0.25, 0.3) is 0 Å². The van der Waals surface area contributed by atoms with Crippen LogP contribution >= 0.6 is 0 Å². The molecule has 0 aliphatic heterocycles. The largest absolute Gasteiger partial charge is 0.429 e. The van der Waals surface area contributed by atoms with Gasteiger partial charge in [-0.15, -0.1) is 0 Å². The standard InChI is InChI=1S/C36H28F6O/c1-2-3-4-5-23-6-8-24(9-7-23)26-12-17-31(33(38)20-26)27-13-18-30(34(39)21-27)25-10-14-28(15-11-25)36(41,42)43-29-16-19-32(37)35(40)22-29/h6-22H,2-5H2,1H3. The molecule has 0 aromatic heterocycles. The van der Waals surface area contributed by atoms with Crippen LogP contribution in [0, 0.1) is 23.3 Å². The van der Waals surface area contributed by atoms with E-state index in [2.05, 4.69) is 23.8 Å². The minimum absolute atomic E-state index is 0.135. The molecule has 0 radical (unpaired) electrons. The highest BCUT2D eigenvalue weighted by molar-refractivity contribution is 5.74. The first kappa shape index (κ1) is 30.0. The highest BCUT2D eigenvalue weighted by atomic mass is 19.3. The molecule has 5 aromatic carbocycles. The average molecular weight is 591 g/mol. The first-order chi connectivity index (χ1) is 20.6. The van der Waals surface area contributed by atoms with Crippen molar-refractivity contribution in [1.29, 1.82) is 0 Å². The topological polar surface area (TPSA) is 9.23 Å². The summed E-state index contributed by atoms with van der Waals surface area (Å²) < 4.78 is 90.7. The van der Waals surface area contributed by atoms with E-state index in [0.29, 0.717) is 28.8 Å². The van der Waals surface area contributed by atoms with Crippen molar-refractivity contribution in [2.45, 2.75) is 38.7 Å². The van der Waals surface area contributed by atoms with E-state index >= 15 is 8.78 Å². The Kier molecular flexibility index (Phi) is 8.90. The van der Waals surface area contributed by atoms with Crippen molar-refractivity contribution in [2.75, 3.05) is 0 Å². The van der Waals surface area contributed by atoms with E-state index in [9.17, 15) is 17.6 Å². The molecule has 1 nitrogen and oxygen atoms in total. The van der Waals surface area contributed by atoms with Crippen LogP contribution in [0.1, 0.15) is 37.3 Å². The third-order valence-corrected chi connectivity index (χ3v) is 7.27. The number of alkyl halides is 2. The normalized spacial score (nSPS) is 11.5. The second-order valence-electron chi connectivity index (χ2n) is 10.3. The molecule has 0 bridgehead atoms. The van der Waals surface area contributed by atoms with E-state index in [-0.39, 0.29) is 11.1 Å². The van der Waals surface area contributed by atoms with Gasteiger partial charge in [-0.1, -0.05) is 80.4 Å². The van der Waals surface area contributed by atoms with Gasteiger partial charge >= 0.3 is 6.11 Å². The minimum Gasteiger partial charge on any atom is -0.429 e. The predicted octanol–water partition coefficient (Wildman–Crippen LogP) is 11.1. The first-order valence-corrected chi connectivity index (χ1v) is 14.0. The Morgan fingerprint density at radius 3 is 1.74 bits per heavy atom. The molecular weight excluding hydrogens is 562 g/mol. The lowest BCUT2D eigenvalue weighted by molar-refractivity contribution is -0.185. The monoisotopic (exact) mass is 590 g/mol. The molecule has 0 aliphatic rings. The Balaban J connectivity index is 1.31. The molecule has 0 fully saturated rings. The van der Waals surface area contributed by atoms with Gasteiger partial charge in [-0.2, -0.15) is 8.78 Å². The van der Waals surface area contributed by atoms with Gasteiger partial charge < -0.3 is 4.74 Å². The highest BCUT2D eigenvalue weighted by Gasteiger charge is 2.34. The Bertz CT molecular complexity index is 1710. The molecule has 5 aromatic rings. The van der Waals surface area contributed by atoms with Gasteiger partial charge in [0, 0.05) is 17.2 Å². The van der Waals surface area contributed by atoms with E-state index < -0.39 is 40.7 Å². The SMILES string of the molecule is CCCCCc1ccc(-c2ccc(-c3ccc(-c4ccc(C(F)(F)Oc5ccc(F)c(F)c5)cc4)c(F)c3)c(F)c2)cc1. The van der Waals surface area contributed by atoms with Crippen molar-refractivity contribution in [3.63, 3.8) is 0 Å². The molecule has 5 rings (SSSR count). The van der Waals surface area contributed by atoms with E-state index in [4.69, 9.17) is 0 Å². The quantitative estimate of drug-likeness (QED) is 0.116. The highest BCUT2D eigenvalue weighted by Crippen LogP contribution is 2.35. The van der Waals surface area contributed by atoms with Gasteiger partial charge in [-0.05, 0) is 77.1 Å². The number of ether oxygens (including phenoxy) is 1. The van der Waals surface area contributed by atoms with Crippen molar-refractivity contribution in [3.05, 3.63) is 138 Å². The van der Waals surface area contributed by atoms with E-state index in [0.717, 1.165) is 43.0 Å². The molecule has 0 saturated heterocycles. The Morgan fingerprint density at radius 1 is 0.535 bits per heavy atom. The van der Waals surface area contributed by atoms with Gasteiger partial charge in [0.1, 0.15) is 17.4 Å². The molecule has 43 heavy (non-hydrogen) atoms. The molecule has 0 N–H and O–H groups in total. The maximum absolute atomic E-state index is 15.2. The molecule has 0 spiro atoms. The summed E-state index contributed by atoms with van der Waals surface area (Å²) in [7, 11) is 0. The number of aryl methyl sites for hydroxylation is 1. The van der Waals surface area contributed by atoms with Crippen molar-refractivity contribution in [2.24, 2.45) is 0 Å². The van der Waals surface area contributed by atoms with Gasteiger partial charge in [0.05, 0.1) is 5.56 Å². The molecular formula is C36H28F6O. The van der Waals surface area contributed by atoms with Crippen LogP contribution in [0.25, 0.3) is 33.4 Å². The molecule has 0 aliphatic carbocycles. The lowest BCUT2D eigenvalue weighted by Gasteiger charge is -2.19. The summed E-state index contributed by atoms with van der Waals surface area (Å²) in [6.45, 7) is 2.16. The number of benzene rings is 5.